The fraction of sp³-hybridized carbons (Fsp3) is 0.571. The lowest BCUT2D eigenvalue weighted by atomic mass is 10.2. The zero-order valence-corrected chi connectivity index (χ0v) is 14.4. The Hall–Kier alpha value is -0.260. The fourth-order valence-corrected chi connectivity index (χ4v) is 2.64. The molecule has 1 aromatic rings. The third-order valence-corrected chi connectivity index (χ3v) is 4.30. The van der Waals surface area contributed by atoms with E-state index in [1.807, 2.05) is 12.1 Å². The Balaban J connectivity index is 1.85. The molecule has 0 heterocycles. The minimum absolute atomic E-state index is 0.494. The molecule has 1 atom stereocenters. The van der Waals surface area contributed by atoms with E-state index in [0.717, 1.165) is 33.0 Å². The van der Waals surface area contributed by atoms with Crippen molar-refractivity contribution in [3.8, 4) is 11.5 Å². The van der Waals surface area contributed by atoms with Crippen molar-refractivity contribution in [1.82, 2.24) is 5.32 Å². The van der Waals surface area contributed by atoms with Crippen molar-refractivity contribution in [2.24, 2.45) is 5.92 Å². The Morgan fingerprint density at radius 2 is 1.89 bits per heavy atom. The predicted octanol–water partition coefficient (Wildman–Crippen LogP) is 3.99. The summed E-state index contributed by atoms with van der Waals surface area (Å²) in [7, 11) is 1.65. The average molecular weight is 393 g/mol. The van der Waals surface area contributed by atoms with Gasteiger partial charge in [-0.1, -0.05) is 6.92 Å². The van der Waals surface area contributed by atoms with E-state index in [-0.39, 0.29) is 0 Å². The number of rotatable bonds is 7. The molecule has 1 unspecified atom stereocenters. The molecule has 19 heavy (non-hydrogen) atoms. The molecule has 0 amide bonds. The van der Waals surface area contributed by atoms with Crippen LogP contribution in [0.15, 0.2) is 21.1 Å². The first-order chi connectivity index (χ1) is 9.10. The number of ether oxygens (including phenoxy) is 2. The summed E-state index contributed by atoms with van der Waals surface area (Å²) in [6.45, 7) is 3.92. The van der Waals surface area contributed by atoms with Crippen molar-refractivity contribution in [2.45, 2.75) is 25.8 Å². The van der Waals surface area contributed by atoms with Crippen LogP contribution in [0, 0.1) is 5.92 Å². The van der Waals surface area contributed by atoms with Gasteiger partial charge in [-0.2, -0.15) is 0 Å². The van der Waals surface area contributed by atoms with Gasteiger partial charge >= 0.3 is 0 Å². The SMILES string of the molecule is COc1cc(Br)c(OCC(C)CNC2CC2)cc1Br. The van der Waals surface area contributed by atoms with Crippen LogP contribution in [-0.4, -0.2) is 26.3 Å². The smallest absolute Gasteiger partial charge is 0.134 e. The van der Waals surface area contributed by atoms with Crippen molar-refractivity contribution in [2.75, 3.05) is 20.3 Å². The molecule has 0 spiro atoms. The standard InChI is InChI=1S/C14H19Br2NO2/c1-9(7-17-10-3-4-10)8-19-14-6-11(15)13(18-2)5-12(14)16/h5-6,9-10,17H,3-4,7-8H2,1-2H3. The Morgan fingerprint density at radius 3 is 2.53 bits per heavy atom. The maximum absolute atomic E-state index is 5.86. The lowest BCUT2D eigenvalue weighted by molar-refractivity contribution is 0.253. The normalized spacial score (nSPS) is 16.2. The van der Waals surface area contributed by atoms with Crippen LogP contribution < -0.4 is 14.8 Å². The maximum Gasteiger partial charge on any atom is 0.134 e. The molecular formula is C14H19Br2NO2. The Kier molecular flexibility index (Phi) is 5.54. The van der Waals surface area contributed by atoms with Gasteiger partial charge in [0.2, 0.25) is 0 Å². The van der Waals surface area contributed by atoms with Crippen LogP contribution in [0.1, 0.15) is 19.8 Å². The van der Waals surface area contributed by atoms with Crippen molar-refractivity contribution in [3.05, 3.63) is 21.1 Å². The number of hydrogen-bond acceptors (Lipinski definition) is 3. The third kappa shape index (κ3) is 4.65. The second-order valence-corrected chi connectivity index (χ2v) is 6.72. The van der Waals surface area contributed by atoms with Gasteiger partial charge in [0.25, 0.3) is 0 Å². The molecule has 1 saturated carbocycles. The first-order valence-electron chi connectivity index (χ1n) is 6.49. The molecule has 0 bridgehead atoms. The lowest BCUT2D eigenvalue weighted by Gasteiger charge is -2.15. The van der Waals surface area contributed by atoms with E-state index in [9.17, 15) is 0 Å². The molecule has 106 valence electrons. The van der Waals surface area contributed by atoms with Gasteiger partial charge in [0.1, 0.15) is 11.5 Å². The highest BCUT2D eigenvalue weighted by molar-refractivity contribution is 9.11. The number of halogens is 2. The minimum Gasteiger partial charge on any atom is -0.496 e. The average Bonchev–Trinajstić information content (AvgIpc) is 3.21. The van der Waals surface area contributed by atoms with Crippen molar-refractivity contribution in [1.29, 1.82) is 0 Å². The molecule has 0 saturated heterocycles. The van der Waals surface area contributed by atoms with Crippen LogP contribution in [-0.2, 0) is 0 Å². The summed E-state index contributed by atoms with van der Waals surface area (Å²) >= 11 is 6.97. The van der Waals surface area contributed by atoms with Gasteiger partial charge in [-0.05, 0) is 56.8 Å². The molecule has 5 heteroatoms. The largest absolute Gasteiger partial charge is 0.496 e. The summed E-state index contributed by atoms with van der Waals surface area (Å²) in [4.78, 5) is 0. The van der Waals surface area contributed by atoms with Crippen LogP contribution >= 0.6 is 31.9 Å². The molecule has 2 rings (SSSR count). The highest BCUT2D eigenvalue weighted by Crippen LogP contribution is 2.36. The number of nitrogens with one attached hydrogen (secondary N) is 1. The summed E-state index contributed by atoms with van der Waals surface area (Å²) in [6.07, 6.45) is 2.65. The Labute approximate surface area is 131 Å². The van der Waals surface area contributed by atoms with Gasteiger partial charge in [0.05, 0.1) is 22.7 Å². The monoisotopic (exact) mass is 391 g/mol. The van der Waals surface area contributed by atoms with E-state index in [1.165, 1.54) is 12.8 Å². The Bertz CT molecular complexity index is 436. The van der Waals surface area contributed by atoms with E-state index in [0.29, 0.717) is 12.5 Å². The van der Waals surface area contributed by atoms with Crippen molar-refractivity contribution < 1.29 is 9.47 Å². The third-order valence-electron chi connectivity index (χ3n) is 3.06. The zero-order chi connectivity index (χ0) is 13.8. The van der Waals surface area contributed by atoms with Crippen LogP contribution in [0.3, 0.4) is 0 Å². The number of methoxy groups -OCH3 is 1. The molecule has 1 aliphatic rings. The van der Waals surface area contributed by atoms with Crippen molar-refractivity contribution in [3.63, 3.8) is 0 Å². The lowest BCUT2D eigenvalue weighted by Crippen LogP contribution is -2.26. The molecule has 0 aromatic heterocycles. The number of hydrogen-bond donors (Lipinski definition) is 1. The highest BCUT2D eigenvalue weighted by Gasteiger charge is 2.21. The molecule has 3 nitrogen and oxygen atoms in total. The molecule has 1 fully saturated rings. The van der Waals surface area contributed by atoms with Crippen LogP contribution in [0.2, 0.25) is 0 Å². The van der Waals surface area contributed by atoms with E-state index in [1.54, 1.807) is 7.11 Å². The van der Waals surface area contributed by atoms with E-state index in [2.05, 4.69) is 44.1 Å². The summed E-state index contributed by atoms with van der Waals surface area (Å²) in [5.74, 6) is 2.13. The fourth-order valence-electron chi connectivity index (χ4n) is 1.72. The van der Waals surface area contributed by atoms with E-state index < -0.39 is 0 Å². The van der Waals surface area contributed by atoms with Gasteiger partial charge in [0, 0.05) is 18.5 Å². The van der Waals surface area contributed by atoms with Crippen LogP contribution in [0.4, 0.5) is 0 Å². The van der Waals surface area contributed by atoms with Crippen LogP contribution in [0.25, 0.3) is 0 Å². The first-order valence-corrected chi connectivity index (χ1v) is 8.08. The molecular weight excluding hydrogens is 374 g/mol. The van der Waals surface area contributed by atoms with Crippen molar-refractivity contribution >= 4 is 31.9 Å². The summed E-state index contributed by atoms with van der Waals surface area (Å²) < 4.78 is 12.9. The first kappa shape index (κ1) is 15.1. The second kappa shape index (κ2) is 6.95. The molecule has 0 radical (unpaired) electrons. The second-order valence-electron chi connectivity index (χ2n) is 5.02. The molecule has 0 aliphatic heterocycles. The number of benzene rings is 1. The van der Waals surface area contributed by atoms with Gasteiger partial charge < -0.3 is 14.8 Å². The summed E-state index contributed by atoms with van der Waals surface area (Å²) in [5.41, 5.74) is 0. The molecule has 1 N–H and O–H groups in total. The van der Waals surface area contributed by atoms with Gasteiger partial charge in [0.15, 0.2) is 0 Å². The maximum atomic E-state index is 5.86. The molecule has 1 aromatic carbocycles. The zero-order valence-electron chi connectivity index (χ0n) is 11.2. The topological polar surface area (TPSA) is 30.5 Å². The Morgan fingerprint density at radius 1 is 1.26 bits per heavy atom. The highest BCUT2D eigenvalue weighted by atomic mass is 79.9. The summed E-state index contributed by atoms with van der Waals surface area (Å²) in [6, 6.07) is 4.60. The summed E-state index contributed by atoms with van der Waals surface area (Å²) in [5, 5.41) is 3.52. The minimum atomic E-state index is 0.494. The van der Waals surface area contributed by atoms with Crippen LogP contribution in [0.5, 0.6) is 11.5 Å². The molecule has 1 aliphatic carbocycles. The predicted molar refractivity (Wildman–Crippen MR) is 84.1 cm³/mol. The van der Waals surface area contributed by atoms with Gasteiger partial charge in [-0.25, -0.2) is 0 Å². The van der Waals surface area contributed by atoms with Gasteiger partial charge in [-0.3, -0.25) is 0 Å². The van der Waals surface area contributed by atoms with E-state index in [4.69, 9.17) is 9.47 Å². The van der Waals surface area contributed by atoms with Gasteiger partial charge in [-0.15, -0.1) is 0 Å². The van der Waals surface area contributed by atoms with E-state index >= 15 is 0 Å². The quantitative estimate of drug-likeness (QED) is 0.760.